The minimum absolute atomic E-state index is 0.0359. The molecule has 2 aromatic heterocycles. The molecule has 3 heterocycles. The number of carbonyl (C=O) groups excluding carboxylic acids is 1. The predicted molar refractivity (Wildman–Crippen MR) is 127 cm³/mol. The van der Waals surface area contributed by atoms with Gasteiger partial charge in [0.2, 0.25) is 10.0 Å². The molecule has 1 aromatic carbocycles. The Hall–Kier alpha value is -3.34. The average molecular weight is 467 g/mol. The first-order valence-electron chi connectivity index (χ1n) is 10.6. The van der Waals surface area contributed by atoms with Crippen molar-refractivity contribution in [3.8, 4) is 11.3 Å². The van der Waals surface area contributed by atoms with Crippen LogP contribution >= 0.6 is 0 Å². The van der Waals surface area contributed by atoms with E-state index in [-0.39, 0.29) is 34.5 Å². The molecule has 0 aliphatic carbocycles. The average Bonchev–Trinajstić information content (AvgIpc) is 2.79. The first kappa shape index (κ1) is 22.8. The van der Waals surface area contributed by atoms with Crippen LogP contribution in [0.15, 0.2) is 59.8 Å². The number of primary sulfonamides is 1. The highest BCUT2D eigenvalue weighted by molar-refractivity contribution is 7.89. The van der Waals surface area contributed by atoms with Crippen molar-refractivity contribution in [2.45, 2.75) is 30.2 Å². The monoisotopic (exact) mass is 466 g/mol. The van der Waals surface area contributed by atoms with Gasteiger partial charge in [-0.05, 0) is 43.2 Å². The number of sulfonamides is 1. The number of aromatic nitrogens is 2. The minimum atomic E-state index is -3.87. The number of nitrogen functional groups attached to an aromatic ring is 1. The van der Waals surface area contributed by atoms with Crippen molar-refractivity contribution < 1.29 is 13.2 Å². The summed E-state index contributed by atoms with van der Waals surface area (Å²) in [7, 11) is -3.87. The van der Waals surface area contributed by atoms with Crippen molar-refractivity contribution >= 4 is 27.2 Å². The van der Waals surface area contributed by atoms with Gasteiger partial charge in [0.25, 0.3) is 0 Å². The molecule has 4 rings (SSSR count). The molecule has 1 atom stereocenters. The molecule has 33 heavy (non-hydrogen) atoms. The Labute approximate surface area is 192 Å². The van der Waals surface area contributed by atoms with Gasteiger partial charge in [0.15, 0.2) is 5.78 Å². The zero-order valence-electron chi connectivity index (χ0n) is 18.0. The van der Waals surface area contributed by atoms with Gasteiger partial charge in [0, 0.05) is 54.8 Å². The second-order valence-electron chi connectivity index (χ2n) is 8.16. The first-order valence-corrected chi connectivity index (χ1v) is 12.1. The number of hydrogen-bond acceptors (Lipinski definition) is 8. The first-order chi connectivity index (χ1) is 15.7. The molecule has 6 N–H and O–H groups in total. The van der Waals surface area contributed by atoms with E-state index in [4.69, 9.17) is 16.6 Å². The molecule has 1 aliphatic rings. The highest BCUT2D eigenvalue weighted by Gasteiger charge is 2.22. The fraction of sp³-hybridized carbons (Fsp3) is 0.261. The minimum Gasteiger partial charge on any atom is -0.397 e. The van der Waals surface area contributed by atoms with Crippen molar-refractivity contribution in [3.05, 3.63) is 66.1 Å². The van der Waals surface area contributed by atoms with Gasteiger partial charge < -0.3 is 16.4 Å². The SMILES string of the molecule is Nc1ccc(-c2cccc(S(N)(=O)=O)c2)nc1C(=O)Cc1cnccc1N1CCC[C@H](N)C1. The molecule has 1 aliphatic heterocycles. The van der Waals surface area contributed by atoms with Crippen molar-refractivity contribution in [2.24, 2.45) is 10.9 Å². The molecule has 0 radical (unpaired) electrons. The van der Waals surface area contributed by atoms with E-state index >= 15 is 0 Å². The highest BCUT2D eigenvalue weighted by atomic mass is 32.2. The molecule has 0 unspecified atom stereocenters. The fourth-order valence-electron chi connectivity index (χ4n) is 4.04. The maximum atomic E-state index is 13.2. The maximum absolute atomic E-state index is 13.2. The van der Waals surface area contributed by atoms with Crippen LogP contribution in [-0.4, -0.2) is 43.3 Å². The van der Waals surface area contributed by atoms with Gasteiger partial charge in [-0.2, -0.15) is 0 Å². The molecule has 0 bridgehead atoms. The van der Waals surface area contributed by atoms with Gasteiger partial charge in [-0.15, -0.1) is 0 Å². The quantitative estimate of drug-likeness (QED) is 0.463. The number of benzene rings is 1. The second-order valence-corrected chi connectivity index (χ2v) is 9.72. The van der Waals surface area contributed by atoms with Crippen molar-refractivity contribution in [1.29, 1.82) is 0 Å². The fourth-order valence-corrected chi connectivity index (χ4v) is 4.60. The largest absolute Gasteiger partial charge is 0.397 e. The van der Waals surface area contributed by atoms with Crippen LogP contribution in [0.25, 0.3) is 11.3 Å². The molecule has 0 spiro atoms. The van der Waals surface area contributed by atoms with E-state index in [2.05, 4.69) is 14.9 Å². The Morgan fingerprint density at radius 3 is 2.76 bits per heavy atom. The molecule has 3 aromatic rings. The molecular weight excluding hydrogens is 440 g/mol. The summed E-state index contributed by atoms with van der Waals surface area (Å²) in [6.45, 7) is 1.59. The molecule has 1 saturated heterocycles. The number of hydrogen-bond donors (Lipinski definition) is 3. The van der Waals surface area contributed by atoms with E-state index in [1.165, 1.54) is 12.1 Å². The molecule has 1 fully saturated rings. The normalized spacial score (nSPS) is 16.5. The summed E-state index contributed by atoms with van der Waals surface area (Å²) in [6.07, 6.45) is 5.44. The van der Waals surface area contributed by atoms with Crippen molar-refractivity contribution in [2.75, 3.05) is 23.7 Å². The van der Waals surface area contributed by atoms with E-state index in [0.29, 0.717) is 11.3 Å². The summed E-state index contributed by atoms with van der Waals surface area (Å²) in [4.78, 5) is 24.0. The zero-order valence-corrected chi connectivity index (χ0v) is 18.8. The van der Waals surface area contributed by atoms with Gasteiger partial charge >= 0.3 is 0 Å². The Kier molecular flexibility index (Phi) is 6.41. The second kappa shape index (κ2) is 9.26. The zero-order chi connectivity index (χ0) is 23.6. The van der Waals surface area contributed by atoms with Gasteiger partial charge in [0.05, 0.1) is 16.3 Å². The van der Waals surface area contributed by atoms with Crippen LogP contribution in [0.4, 0.5) is 11.4 Å². The van der Waals surface area contributed by atoms with Crippen LogP contribution in [0.1, 0.15) is 28.9 Å². The summed E-state index contributed by atoms with van der Waals surface area (Å²) in [5.74, 6) is -0.257. The number of piperidine rings is 1. The van der Waals surface area contributed by atoms with Crippen LogP contribution in [0.5, 0.6) is 0 Å². The van der Waals surface area contributed by atoms with Crippen LogP contribution in [0, 0.1) is 0 Å². The Morgan fingerprint density at radius 1 is 1.18 bits per heavy atom. The van der Waals surface area contributed by atoms with Gasteiger partial charge in [0.1, 0.15) is 5.69 Å². The maximum Gasteiger partial charge on any atom is 0.238 e. The lowest BCUT2D eigenvalue weighted by Gasteiger charge is -2.33. The lowest BCUT2D eigenvalue weighted by molar-refractivity contribution is 0.0989. The standard InChI is InChI=1S/C23H26N6O3S/c24-17-4-2-10-29(14-17)21-8-9-27-13-16(21)12-22(30)23-19(25)6-7-20(28-23)15-3-1-5-18(11-15)33(26,31)32/h1,3,5-9,11,13,17H,2,4,10,12,14,24-25H2,(H2,26,31,32)/t17-/m0/s1. The van der Waals surface area contributed by atoms with E-state index in [1.54, 1.807) is 36.7 Å². The Morgan fingerprint density at radius 2 is 2.00 bits per heavy atom. The van der Waals surface area contributed by atoms with Gasteiger partial charge in [-0.1, -0.05) is 12.1 Å². The highest BCUT2D eigenvalue weighted by Crippen LogP contribution is 2.27. The third kappa shape index (κ3) is 5.19. The third-order valence-corrected chi connectivity index (χ3v) is 6.59. The molecule has 9 nitrogen and oxygen atoms in total. The van der Waals surface area contributed by atoms with Crippen LogP contribution in [0.3, 0.4) is 0 Å². The van der Waals surface area contributed by atoms with Crippen molar-refractivity contribution in [3.63, 3.8) is 0 Å². The summed E-state index contributed by atoms with van der Waals surface area (Å²) in [6, 6.07) is 11.3. The molecule has 0 saturated carbocycles. The third-order valence-electron chi connectivity index (χ3n) is 5.68. The molecule has 172 valence electrons. The molecule has 0 amide bonds. The number of Topliss-reactive ketones (excluding diaryl/α,β-unsaturated/α-hetero) is 1. The number of pyridine rings is 2. The van der Waals surface area contributed by atoms with E-state index in [0.717, 1.165) is 37.2 Å². The van der Waals surface area contributed by atoms with Crippen LogP contribution in [0.2, 0.25) is 0 Å². The Balaban J connectivity index is 1.63. The smallest absolute Gasteiger partial charge is 0.238 e. The lowest BCUT2D eigenvalue weighted by Crippen LogP contribution is -2.43. The van der Waals surface area contributed by atoms with Crippen LogP contribution < -0.4 is 21.5 Å². The Bertz CT molecular complexity index is 1290. The molecular formula is C23H26N6O3S. The summed E-state index contributed by atoms with van der Waals surface area (Å²) in [5.41, 5.74) is 15.2. The number of nitrogens with two attached hydrogens (primary N) is 3. The number of nitrogens with zero attached hydrogens (tertiary/aromatic N) is 3. The topological polar surface area (TPSA) is 158 Å². The van der Waals surface area contributed by atoms with Crippen LogP contribution in [-0.2, 0) is 16.4 Å². The van der Waals surface area contributed by atoms with Crippen molar-refractivity contribution in [1.82, 2.24) is 9.97 Å². The summed E-state index contributed by atoms with van der Waals surface area (Å²) in [5, 5.41) is 5.24. The predicted octanol–water partition coefficient (Wildman–Crippen LogP) is 1.73. The number of ketones is 1. The number of rotatable bonds is 6. The van der Waals surface area contributed by atoms with E-state index in [9.17, 15) is 13.2 Å². The lowest BCUT2D eigenvalue weighted by atomic mass is 10.0. The number of carbonyl (C=O) groups is 1. The number of anilines is 2. The molecule has 10 heteroatoms. The summed E-state index contributed by atoms with van der Waals surface area (Å²) >= 11 is 0. The summed E-state index contributed by atoms with van der Waals surface area (Å²) < 4.78 is 23.4. The van der Waals surface area contributed by atoms with Gasteiger partial charge in [-0.25, -0.2) is 18.5 Å². The van der Waals surface area contributed by atoms with E-state index in [1.807, 2.05) is 6.07 Å². The van der Waals surface area contributed by atoms with Gasteiger partial charge in [-0.3, -0.25) is 9.78 Å². The van der Waals surface area contributed by atoms with E-state index < -0.39 is 10.0 Å².